The predicted molar refractivity (Wildman–Crippen MR) is 96.7 cm³/mol. The van der Waals surface area contributed by atoms with Gasteiger partial charge in [-0.25, -0.2) is 0 Å². The molecule has 2 aromatic carbocycles. The lowest BCUT2D eigenvalue weighted by atomic mass is 10.1. The highest BCUT2D eigenvalue weighted by Gasteiger charge is 2.35. The largest absolute Gasteiger partial charge is 0.326 e. The van der Waals surface area contributed by atoms with Gasteiger partial charge in [0.05, 0.1) is 5.92 Å². The van der Waals surface area contributed by atoms with Crippen molar-refractivity contribution in [2.45, 2.75) is 13.3 Å². The number of carbonyl (C=O) groups excluding carboxylic acids is 2. The lowest BCUT2D eigenvalue weighted by Gasteiger charge is -2.17. The summed E-state index contributed by atoms with van der Waals surface area (Å²) in [6.07, 6.45) is 0.178. The fraction of sp³-hybridized carbons (Fsp3) is 0.222. The minimum atomic E-state index is -0.406. The van der Waals surface area contributed by atoms with E-state index < -0.39 is 5.92 Å². The smallest absolute Gasteiger partial charge is 0.229 e. The number of hydrogen-bond acceptors (Lipinski definition) is 2. The Bertz CT molecular complexity index is 807. The van der Waals surface area contributed by atoms with Gasteiger partial charge in [0.25, 0.3) is 0 Å². The van der Waals surface area contributed by atoms with E-state index in [0.717, 1.165) is 5.56 Å². The molecule has 1 aliphatic rings. The topological polar surface area (TPSA) is 49.4 Å². The number of nitrogens with one attached hydrogen (secondary N) is 1. The average molecular weight is 363 g/mol. The molecule has 0 bridgehead atoms. The van der Waals surface area contributed by atoms with Crippen LogP contribution >= 0.6 is 23.2 Å². The lowest BCUT2D eigenvalue weighted by molar-refractivity contribution is -0.122. The third-order valence-electron chi connectivity index (χ3n) is 4.06. The van der Waals surface area contributed by atoms with Crippen molar-refractivity contribution in [2.75, 3.05) is 16.8 Å². The van der Waals surface area contributed by atoms with Crippen LogP contribution in [0.2, 0.25) is 10.0 Å². The van der Waals surface area contributed by atoms with Crippen LogP contribution in [-0.2, 0) is 9.59 Å². The second-order valence-corrected chi connectivity index (χ2v) is 6.68. The number of aryl methyl sites for hydroxylation is 1. The van der Waals surface area contributed by atoms with E-state index in [0.29, 0.717) is 28.0 Å². The van der Waals surface area contributed by atoms with Crippen LogP contribution in [0.1, 0.15) is 12.0 Å². The fourth-order valence-corrected chi connectivity index (χ4v) is 3.06. The monoisotopic (exact) mass is 362 g/mol. The summed E-state index contributed by atoms with van der Waals surface area (Å²) in [4.78, 5) is 26.3. The quantitative estimate of drug-likeness (QED) is 0.884. The molecule has 0 unspecified atom stereocenters. The minimum absolute atomic E-state index is 0.0823. The number of benzene rings is 2. The number of hydrogen-bond donors (Lipinski definition) is 1. The number of rotatable bonds is 3. The van der Waals surface area contributed by atoms with Crippen LogP contribution in [0.15, 0.2) is 42.5 Å². The maximum absolute atomic E-state index is 12.4. The molecule has 1 atom stereocenters. The molecule has 1 heterocycles. The van der Waals surface area contributed by atoms with Crippen molar-refractivity contribution < 1.29 is 9.59 Å². The highest BCUT2D eigenvalue weighted by atomic mass is 35.5. The molecule has 1 aliphatic heterocycles. The van der Waals surface area contributed by atoms with Crippen LogP contribution < -0.4 is 10.2 Å². The summed E-state index contributed by atoms with van der Waals surface area (Å²) in [5.74, 6) is -0.677. The second-order valence-electron chi connectivity index (χ2n) is 5.84. The first-order valence-corrected chi connectivity index (χ1v) is 8.32. The summed E-state index contributed by atoms with van der Waals surface area (Å²) in [5.41, 5.74) is 2.28. The van der Waals surface area contributed by atoms with E-state index in [-0.39, 0.29) is 18.2 Å². The molecule has 0 aliphatic carbocycles. The third-order valence-corrected chi connectivity index (χ3v) is 4.70. The van der Waals surface area contributed by atoms with Gasteiger partial charge in [-0.1, -0.05) is 35.3 Å². The highest BCUT2D eigenvalue weighted by Crippen LogP contribution is 2.29. The van der Waals surface area contributed by atoms with E-state index in [1.165, 1.54) is 0 Å². The number of amides is 2. The maximum atomic E-state index is 12.4. The molecule has 0 aromatic heterocycles. The number of halogens is 2. The second kappa shape index (κ2) is 6.83. The predicted octanol–water partition coefficient (Wildman–Crippen LogP) is 4.29. The zero-order chi connectivity index (χ0) is 17.3. The molecule has 1 fully saturated rings. The van der Waals surface area contributed by atoms with E-state index in [1.54, 1.807) is 35.2 Å². The Kier molecular flexibility index (Phi) is 4.78. The SMILES string of the molecule is Cc1ccc(N2C[C@H](C(=O)Nc3cccc(Cl)c3)CC2=O)cc1Cl. The van der Waals surface area contributed by atoms with Crippen LogP contribution in [0.3, 0.4) is 0 Å². The summed E-state index contributed by atoms with van der Waals surface area (Å²) >= 11 is 12.0. The van der Waals surface area contributed by atoms with Crippen molar-refractivity contribution in [3.05, 3.63) is 58.1 Å². The summed E-state index contributed by atoms with van der Waals surface area (Å²) in [6, 6.07) is 12.4. The summed E-state index contributed by atoms with van der Waals surface area (Å²) in [6.45, 7) is 2.24. The zero-order valence-corrected chi connectivity index (χ0v) is 14.6. The Morgan fingerprint density at radius 3 is 2.71 bits per heavy atom. The van der Waals surface area contributed by atoms with Crippen molar-refractivity contribution in [3.8, 4) is 0 Å². The fourth-order valence-electron chi connectivity index (χ4n) is 2.69. The highest BCUT2D eigenvalue weighted by molar-refractivity contribution is 6.31. The zero-order valence-electron chi connectivity index (χ0n) is 13.1. The molecule has 0 saturated carbocycles. The number of anilines is 2. The molecule has 2 amide bonds. The molecular weight excluding hydrogens is 347 g/mol. The van der Waals surface area contributed by atoms with Crippen LogP contribution in [0.25, 0.3) is 0 Å². The van der Waals surface area contributed by atoms with Crippen LogP contribution in [0.4, 0.5) is 11.4 Å². The average Bonchev–Trinajstić information content (AvgIpc) is 2.92. The Balaban J connectivity index is 1.72. The maximum Gasteiger partial charge on any atom is 0.229 e. The van der Waals surface area contributed by atoms with Crippen molar-refractivity contribution in [1.29, 1.82) is 0 Å². The molecule has 0 spiro atoms. The first kappa shape index (κ1) is 16.8. The molecule has 124 valence electrons. The van der Waals surface area contributed by atoms with Gasteiger partial charge >= 0.3 is 0 Å². The summed E-state index contributed by atoms with van der Waals surface area (Å²) in [5, 5.41) is 3.96. The molecule has 4 nitrogen and oxygen atoms in total. The van der Waals surface area contributed by atoms with Crippen molar-refractivity contribution in [2.24, 2.45) is 5.92 Å². The first-order valence-electron chi connectivity index (χ1n) is 7.57. The standard InChI is InChI=1S/C18H16Cl2N2O2/c1-11-5-6-15(9-16(11)20)22-10-12(7-17(22)23)18(24)21-14-4-2-3-13(19)8-14/h2-6,8-9,12H,7,10H2,1H3,(H,21,24)/t12-/m1/s1. The van der Waals surface area contributed by atoms with Gasteiger partial charge in [-0.2, -0.15) is 0 Å². The number of nitrogens with zero attached hydrogens (tertiary/aromatic N) is 1. The van der Waals surface area contributed by atoms with Gasteiger partial charge < -0.3 is 10.2 Å². The molecule has 0 radical (unpaired) electrons. The first-order chi connectivity index (χ1) is 11.4. The van der Waals surface area contributed by atoms with Crippen LogP contribution in [-0.4, -0.2) is 18.4 Å². The Morgan fingerprint density at radius 2 is 2.00 bits per heavy atom. The molecule has 6 heteroatoms. The van der Waals surface area contributed by atoms with Gasteiger partial charge in [0.2, 0.25) is 11.8 Å². The molecular formula is C18H16Cl2N2O2. The van der Waals surface area contributed by atoms with Gasteiger partial charge in [0, 0.05) is 34.4 Å². The Morgan fingerprint density at radius 1 is 1.21 bits per heavy atom. The van der Waals surface area contributed by atoms with Crippen molar-refractivity contribution in [3.63, 3.8) is 0 Å². The third kappa shape index (κ3) is 3.55. The molecule has 3 rings (SSSR count). The minimum Gasteiger partial charge on any atom is -0.326 e. The summed E-state index contributed by atoms with van der Waals surface area (Å²) in [7, 11) is 0. The van der Waals surface area contributed by atoms with Crippen LogP contribution in [0.5, 0.6) is 0 Å². The van der Waals surface area contributed by atoms with Gasteiger partial charge in [-0.05, 0) is 42.8 Å². The summed E-state index contributed by atoms with van der Waals surface area (Å²) < 4.78 is 0. The molecule has 2 aromatic rings. The molecule has 24 heavy (non-hydrogen) atoms. The Hall–Kier alpha value is -2.04. The molecule has 1 saturated heterocycles. The Labute approximate surface area is 150 Å². The normalized spacial score (nSPS) is 17.2. The van der Waals surface area contributed by atoms with E-state index >= 15 is 0 Å². The van der Waals surface area contributed by atoms with E-state index in [4.69, 9.17) is 23.2 Å². The number of carbonyl (C=O) groups is 2. The van der Waals surface area contributed by atoms with Crippen LogP contribution in [0, 0.1) is 12.8 Å². The lowest BCUT2D eigenvalue weighted by Crippen LogP contribution is -2.28. The molecule has 1 N–H and O–H groups in total. The van der Waals surface area contributed by atoms with E-state index in [1.807, 2.05) is 19.1 Å². The van der Waals surface area contributed by atoms with Gasteiger partial charge in [-0.3, -0.25) is 9.59 Å². The van der Waals surface area contributed by atoms with Gasteiger partial charge in [0.1, 0.15) is 0 Å². The van der Waals surface area contributed by atoms with Gasteiger partial charge in [-0.15, -0.1) is 0 Å². The van der Waals surface area contributed by atoms with Crippen molar-refractivity contribution >= 4 is 46.4 Å². The van der Waals surface area contributed by atoms with Gasteiger partial charge in [0.15, 0.2) is 0 Å². The van der Waals surface area contributed by atoms with E-state index in [2.05, 4.69) is 5.32 Å². The van der Waals surface area contributed by atoms with Crippen molar-refractivity contribution in [1.82, 2.24) is 0 Å². The van der Waals surface area contributed by atoms with E-state index in [9.17, 15) is 9.59 Å².